The molecule has 0 spiro atoms. The number of aryl methyl sites for hydroxylation is 1. The zero-order valence-electron chi connectivity index (χ0n) is 11.3. The van der Waals surface area contributed by atoms with Crippen LogP contribution in [0.25, 0.3) is 10.9 Å². The Morgan fingerprint density at radius 2 is 2.16 bits per heavy atom. The molecule has 0 fully saturated rings. The van der Waals surface area contributed by atoms with E-state index in [9.17, 15) is 5.11 Å². The topological polar surface area (TPSA) is 84.1 Å². The first-order valence-electron chi connectivity index (χ1n) is 6.56. The molecule has 1 atom stereocenters. The van der Waals surface area contributed by atoms with Crippen molar-refractivity contribution < 1.29 is 5.11 Å². The molecular weight excluding hydrogens is 240 g/mol. The predicted octanol–water partition coefficient (Wildman–Crippen LogP) is 2.09. The lowest BCUT2D eigenvalue weighted by molar-refractivity contribution is 0.268. The second kappa shape index (κ2) is 5.84. The summed E-state index contributed by atoms with van der Waals surface area (Å²) in [6.45, 7) is 4.15. The van der Waals surface area contributed by atoms with Crippen molar-refractivity contribution in [2.24, 2.45) is 0 Å². The lowest BCUT2D eigenvalue weighted by atomic mass is 10.1. The van der Waals surface area contributed by atoms with Crippen molar-refractivity contribution in [3.8, 4) is 0 Å². The number of nitrogens with two attached hydrogens (primary N) is 1. The Kier molecular flexibility index (Phi) is 4.16. The SMILES string of the molecule is CCC[C@H](CO)Nc1nc(N)nc2c(C)cccc12. The monoisotopic (exact) mass is 260 g/mol. The van der Waals surface area contributed by atoms with E-state index in [1.165, 1.54) is 0 Å². The van der Waals surface area contributed by atoms with E-state index in [1.54, 1.807) is 0 Å². The van der Waals surface area contributed by atoms with Gasteiger partial charge in [0.05, 0.1) is 18.2 Å². The van der Waals surface area contributed by atoms with Gasteiger partial charge in [-0.05, 0) is 25.0 Å². The first-order chi connectivity index (χ1) is 9.15. The van der Waals surface area contributed by atoms with Crippen molar-refractivity contribution in [2.45, 2.75) is 32.7 Å². The fraction of sp³-hybridized carbons (Fsp3) is 0.429. The number of aliphatic hydroxyl groups is 1. The van der Waals surface area contributed by atoms with Gasteiger partial charge in [-0.25, -0.2) is 4.98 Å². The normalized spacial score (nSPS) is 12.6. The number of rotatable bonds is 5. The molecule has 102 valence electrons. The van der Waals surface area contributed by atoms with Gasteiger partial charge in [-0.15, -0.1) is 0 Å². The van der Waals surface area contributed by atoms with Crippen LogP contribution in [0.3, 0.4) is 0 Å². The van der Waals surface area contributed by atoms with Gasteiger partial charge in [-0.2, -0.15) is 4.98 Å². The maximum absolute atomic E-state index is 9.38. The zero-order valence-corrected chi connectivity index (χ0v) is 11.3. The molecule has 0 aliphatic heterocycles. The van der Waals surface area contributed by atoms with E-state index in [2.05, 4.69) is 22.2 Å². The molecule has 0 saturated carbocycles. The van der Waals surface area contributed by atoms with Crippen molar-refractivity contribution in [1.29, 1.82) is 0 Å². The number of nitrogens with one attached hydrogen (secondary N) is 1. The Morgan fingerprint density at radius 1 is 1.37 bits per heavy atom. The van der Waals surface area contributed by atoms with Gasteiger partial charge < -0.3 is 16.2 Å². The maximum Gasteiger partial charge on any atom is 0.222 e. The molecule has 1 heterocycles. The number of aliphatic hydroxyl groups excluding tert-OH is 1. The third-order valence-corrected chi connectivity index (χ3v) is 3.14. The van der Waals surface area contributed by atoms with E-state index >= 15 is 0 Å². The highest BCUT2D eigenvalue weighted by Gasteiger charge is 2.12. The summed E-state index contributed by atoms with van der Waals surface area (Å²) in [5.74, 6) is 0.941. The summed E-state index contributed by atoms with van der Waals surface area (Å²) in [4.78, 5) is 8.54. The number of benzene rings is 1. The molecule has 1 aromatic heterocycles. The van der Waals surface area contributed by atoms with Gasteiger partial charge in [-0.3, -0.25) is 0 Å². The molecule has 0 unspecified atom stereocenters. The maximum atomic E-state index is 9.38. The van der Waals surface area contributed by atoms with Crippen LogP contribution < -0.4 is 11.1 Å². The van der Waals surface area contributed by atoms with E-state index in [4.69, 9.17) is 5.73 Å². The average molecular weight is 260 g/mol. The Hall–Kier alpha value is -1.88. The highest BCUT2D eigenvalue weighted by Crippen LogP contribution is 2.24. The largest absolute Gasteiger partial charge is 0.394 e. The van der Waals surface area contributed by atoms with Gasteiger partial charge in [0.1, 0.15) is 5.82 Å². The number of nitrogens with zero attached hydrogens (tertiary/aromatic N) is 2. The molecule has 0 bridgehead atoms. The van der Waals surface area contributed by atoms with Crippen molar-refractivity contribution >= 4 is 22.7 Å². The minimum absolute atomic E-state index is 0.0111. The lowest BCUT2D eigenvalue weighted by Gasteiger charge is -2.17. The first kappa shape index (κ1) is 13.5. The van der Waals surface area contributed by atoms with Gasteiger partial charge in [0.15, 0.2) is 0 Å². The van der Waals surface area contributed by atoms with E-state index in [1.807, 2.05) is 25.1 Å². The summed E-state index contributed by atoms with van der Waals surface area (Å²) in [6.07, 6.45) is 1.88. The van der Waals surface area contributed by atoms with E-state index < -0.39 is 0 Å². The summed E-state index contributed by atoms with van der Waals surface area (Å²) in [7, 11) is 0. The molecule has 0 radical (unpaired) electrons. The van der Waals surface area contributed by atoms with Gasteiger partial charge in [0.25, 0.3) is 0 Å². The molecule has 0 aliphatic carbocycles. The molecule has 0 aliphatic rings. The Labute approximate surface area is 112 Å². The first-order valence-corrected chi connectivity index (χ1v) is 6.56. The van der Waals surface area contributed by atoms with E-state index in [0.717, 1.165) is 29.3 Å². The molecule has 2 aromatic rings. The Morgan fingerprint density at radius 3 is 2.84 bits per heavy atom. The number of hydrogen-bond donors (Lipinski definition) is 3. The fourth-order valence-corrected chi connectivity index (χ4v) is 2.17. The number of para-hydroxylation sites is 1. The van der Waals surface area contributed by atoms with Crippen LogP contribution in [0.2, 0.25) is 0 Å². The second-order valence-electron chi connectivity index (χ2n) is 4.71. The second-order valence-corrected chi connectivity index (χ2v) is 4.71. The van der Waals surface area contributed by atoms with Crippen molar-refractivity contribution in [2.75, 3.05) is 17.7 Å². The summed E-state index contributed by atoms with van der Waals surface area (Å²) < 4.78 is 0. The smallest absolute Gasteiger partial charge is 0.222 e. The van der Waals surface area contributed by atoms with Crippen molar-refractivity contribution in [3.63, 3.8) is 0 Å². The molecule has 4 N–H and O–H groups in total. The van der Waals surface area contributed by atoms with E-state index in [-0.39, 0.29) is 18.6 Å². The summed E-state index contributed by atoms with van der Waals surface area (Å²) in [5.41, 5.74) is 7.67. The third-order valence-electron chi connectivity index (χ3n) is 3.14. The zero-order chi connectivity index (χ0) is 13.8. The molecule has 0 amide bonds. The molecule has 2 rings (SSSR count). The highest BCUT2D eigenvalue weighted by molar-refractivity contribution is 5.92. The molecule has 5 nitrogen and oxygen atoms in total. The highest BCUT2D eigenvalue weighted by atomic mass is 16.3. The fourth-order valence-electron chi connectivity index (χ4n) is 2.17. The van der Waals surface area contributed by atoms with Crippen LogP contribution in [0, 0.1) is 6.92 Å². The van der Waals surface area contributed by atoms with Crippen LogP contribution >= 0.6 is 0 Å². The van der Waals surface area contributed by atoms with Crippen molar-refractivity contribution in [3.05, 3.63) is 23.8 Å². The van der Waals surface area contributed by atoms with Crippen LogP contribution in [-0.4, -0.2) is 27.7 Å². The summed E-state index contributed by atoms with van der Waals surface area (Å²) >= 11 is 0. The minimum atomic E-state index is -0.0111. The number of anilines is 2. The van der Waals surface area contributed by atoms with Crippen LogP contribution in [0.15, 0.2) is 18.2 Å². The average Bonchev–Trinajstić information content (AvgIpc) is 2.39. The Bertz CT molecular complexity index is 571. The number of hydrogen-bond acceptors (Lipinski definition) is 5. The van der Waals surface area contributed by atoms with Crippen LogP contribution in [0.4, 0.5) is 11.8 Å². The van der Waals surface area contributed by atoms with Gasteiger partial charge in [0.2, 0.25) is 5.95 Å². The Balaban J connectivity index is 2.44. The quantitative estimate of drug-likeness (QED) is 0.766. The number of aromatic nitrogens is 2. The molecule has 1 aromatic carbocycles. The van der Waals surface area contributed by atoms with Crippen LogP contribution in [-0.2, 0) is 0 Å². The van der Waals surface area contributed by atoms with Crippen molar-refractivity contribution in [1.82, 2.24) is 9.97 Å². The van der Waals surface area contributed by atoms with Gasteiger partial charge in [0, 0.05) is 5.39 Å². The lowest BCUT2D eigenvalue weighted by Crippen LogP contribution is -2.24. The van der Waals surface area contributed by atoms with E-state index in [0.29, 0.717) is 5.82 Å². The summed E-state index contributed by atoms with van der Waals surface area (Å²) in [5, 5.41) is 13.6. The van der Waals surface area contributed by atoms with Crippen LogP contribution in [0.1, 0.15) is 25.3 Å². The summed E-state index contributed by atoms with van der Waals surface area (Å²) in [6, 6.07) is 5.91. The van der Waals surface area contributed by atoms with Gasteiger partial charge in [-0.1, -0.05) is 25.5 Å². The minimum Gasteiger partial charge on any atom is -0.394 e. The molecule has 19 heavy (non-hydrogen) atoms. The predicted molar refractivity (Wildman–Crippen MR) is 78.1 cm³/mol. The third kappa shape index (κ3) is 2.93. The molecule has 0 saturated heterocycles. The van der Waals surface area contributed by atoms with Crippen LogP contribution in [0.5, 0.6) is 0 Å². The number of nitrogen functional groups attached to an aromatic ring is 1. The molecule has 5 heteroatoms. The van der Waals surface area contributed by atoms with Gasteiger partial charge >= 0.3 is 0 Å². The standard InChI is InChI=1S/C14H20N4O/c1-3-5-10(8-19)16-13-11-7-4-6-9(2)12(11)17-14(15)18-13/h4,6-7,10,19H,3,5,8H2,1-2H3,(H3,15,16,17,18)/t10-/m1/s1. The molecular formula is C14H20N4O. The number of fused-ring (bicyclic) bond motifs is 1.